The van der Waals surface area contributed by atoms with Crippen molar-refractivity contribution in [3.05, 3.63) is 53.9 Å². The molecule has 0 bridgehead atoms. The van der Waals surface area contributed by atoms with Crippen LogP contribution in [0.2, 0.25) is 0 Å². The number of likely N-dealkylation sites (tertiary alicyclic amines) is 1. The number of piperidine rings is 1. The van der Waals surface area contributed by atoms with Crippen molar-refractivity contribution in [2.24, 2.45) is 0 Å². The lowest BCUT2D eigenvalue weighted by molar-refractivity contribution is 0.0718. The number of carbonyl (C=O) groups is 1. The van der Waals surface area contributed by atoms with Gasteiger partial charge in [-0.05, 0) is 67.9 Å². The third kappa shape index (κ3) is 5.46. The first-order valence-corrected chi connectivity index (χ1v) is 12.2. The van der Waals surface area contributed by atoms with Gasteiger partial charge in [0.1, 0.15) is 5.69 Å². The molecule has 1 aliphatic heterocycles. The van der Waals surface area contributed by atoms with Crippen molar-refractivity contribution in [1.82, 2.24) is 14.6 Å². The van der Waals surface area contributed by atoms with Crippen molar-refractivity contribution in [3.63, 3.8) is 0 Å². The van der Waals surface area contributed by atoms with Gasteiger partial charge in [-0.25, -0.2) is 13.1 Å². The van der Waals surface area contributed by atoms with Crippen LogP contribution in [-0.2, 0) is 10.0 Å². The normalized spacial score (nSPS) is 15.9. The molecule has 7 heteroatoms. The number of hydrogen-bond acceptors (Lipinski definition) is 4. The molecule has 30 heavy (non-hydrogen) atoms. The van der Waals surface area contributed by atoms with Gasteiger partial charge in [-0.3, -0.25) is 9.78 Å². The van der Waals surface area contributed by atoms with Gasteiger partial charge in [0.25, 0.3) is 5.91 Å². The fraction of sp³-hybridized carbons (Fsp3) is 0.478. The van der Waals surface area contributed by atoms with Gasteiger partial charge in [0.15, 0.2) is 0 Å². The Balaban J connectivity index is 1.69. The predicted octanol–water partition coefficient (Wildman–Crippen LogP) is 3.81. The number of nitrogens with zero attached hydrogens (tertiary/aromatic N) is 2. The quantitative estimate of drug-likeness (QED) is 0.726. The molecule has 0 radical (unpaired) electrons. The number of sulfonamides is 1. The highest BCUT2D eigenvalue weighted by molar-refractivity contribution is 7.90. The lowest BCUT2D eigenvalue weighted by Crippen LogP contribution is -2.36. The predicted molar refractivity (Wildman–Crippen MR) is 120 cm³/mol. The van der Waals surface area contributed by atoms with Gasteiger partial charge in [0.05, 0.1) is 5.25 Å². The summed E-state index contributed by atoms with van der Waals surface area (Å²) >= 11 is 0. The number of benzene rings is 1. The van der Waals surface area contributed by atoms with Crippen LogP contribution in [-0.4, -0.2) is 49.1 Å². The molecule has 1 aliphatic rings. The maximum absolute atomic E-state index is 12.7. The molecule has 2 heterocycles. The zero-order valence-electron chi connectivity index (χ0n) is 18.0. The summed E-state index contributed by atoms with van der Waals surface area (Å²) in [5, 5.41) is -0.444. The highest BCUT2D eigenvalue weighted by atomic mass is 32.2. The van der Waals surface area contributed by atoms with Crippen molar-refractivity contribution >= 4 is 15.9 Å². The van der Waals surface area contributed by atoms with Crippen LogP contribution in [0.3, 0.4) is 0 Å². The molecule has 1 aromatic heterocycles. The van der Waals surface area contributed by atoms with Gasteiger partial charge in [0, 0.05) is 25.8 Å². The molecule has 0 aliphatic carbocycles. The van der Waals surface area contributed by atoms with Crippen molar-refractivity contribution in [2.75, 3.05) is 19.6 Å². The molecule has 1 amide bonds. The van der Waals surface area contributed by atoms with E-state index in [0.29, 0.717) is 12.2 Å². The number of carbonyl (C=O) groups excluding carboxylic acids is 1. The van der Waals surface area contributed by atoms with E-state index < -0.39 is 15.3 Å². The number of pyridine rings is 1. The molecule has 0 spiro atoms. The molecular formula is C23H31N3O3S. The number of rotatable bonds is 7. The molecule has 1 N–H and O–H groups in total. The third-order valence-electron chi connectivity index (χ3n) is 5.65. The fourth-order valence-corrected chi connectivity index (χ4v) is 4.33. The van der Waals surface area contributed by atoms with E-state index in [9.17, 15) is 13.2 Å². The van der Waals surface area contributed by atoms with Crippen LogP contribution < -0.4 is 4.72 Å². The Bertz CT molecular complexity index is 965. The van der Waals surface area contributed by atoms with E-state index in [1.54, 1.807) is 20.0 Å². The Hall–Kier alpha value is -2.25. The summed E-state index contributed by atoms with van der Waals surface area (Å²) in [5.74, 6) is 0.0560. The zero-order valence-corrected chi connectivity index (χ0v) is 18.8. The molecule has 0 unspecified atom stereocenters. The molecule has 0 saturated carbocycles. The van der Waals surface area contributed by atoms with Gasteiger partial charge in [-0.15, -0.1) is 0 Å². The van der Waals surface area contributed by atoms with Crippen molar-refractivity contribution in [1.29, 1.82) is 0 Å². The van der Waals surface area contributed by atoms with Crippen LogP contribution in [0, 0.1) is 0 Å². The molecule has 162 valence electrons. The molecule has 1 aromatic carbocycles. The molecule has 3 rings (SSSR count). The van der Waals surface area contributed by atoms with Crippen molar-refractivity contribution in [3.8, 4) is 11.1 Å². The summed E-state index contributed by atoms with van der Waals surface area (Å²) in [6.45, 7) is 7.31. The van der Waals surface area contributed by atoms with E-state index in [0.717, 1.165) is 42.6 Å². The van der Waals surface area contributed by atoms with E-state index >= 15 is 0 Å². The third-order valence-corrected chi connectivity index (χ3v) is 7.46. The number of hydrogen-bond donors (Lipinski definition) is 1. The van der Waals surface area contributed by atoms with Crippen LogP contribution in [0.15, 0.2) is 42.6 Å². The van der Waals surface area contributed by atoms with Gasteiger partial charge in [-0.1, -0.05) is 31.2 Å². The lowest BCUT2D eigenvalue weighted by Gasteiger charge is -2.26. The molecule has 6 nitrogen and oxygen atoms in total. The second-order valence-electron chi connectivity index (χ2n) is 8.25. The van der Waals surface area contributed by atoms with Gasteiger partial charge in [0.2, 0.25) is 10.0 Å². The van der Waals surface area contributed by atoms with E-state index in [1.165, 1.54) is 6.42 Å². The Kier molecular flexibility index (Phi) is 7.26. The van der Waals surface area contributed by atoms with E-state index in [1.807, 2.05) is 48.2 Å². The minimum Gasteiger partial charge on any atom is -0.337 e. The first kappa shape index (κ1) is 22.4. The standard InChI is InChI=1S/C23H31N3O3S/c1-17(2)30(28,29)25-16-18(3)19-7-9-20(10-8-19)21-11-12-24-22(15-21)23(27)26-13-5-4-6-14-26/h7-12,15,17-18,25H,4-6,13-14,16H2,1-3H3/t18-/m0/s1. The van der Waals surface area contributed by atoms with E-state index in [2.05, 4.69) is 9.71 Å². The zero-order chi connectivity index (χ0) is 21.7. The summed E-state index contributed by atoms with van der Waals surface area (Å²) in [6, 6.07) is 11.8. The summed E-state index contributed by atoms with van der Waals surface area (Å²) in [5.41, 5.74) is 3.49. The average molecular weight is 430 g/mol. The van der Waals surface area contributed by atoms with Crippen molar-refractivity contribution in [2.45, 2.75) is 51.2 Å². The van der Waals surface area contributed by atoms with Crippen LogP contribution >= 0.6 is 0 Å². The Morgan fingerprint density at radius 1 is 1.03 bits per heavy atom. The average Bonchev–Trinajstić information content (AvgIpc) is 2.77. The molecular weight excluding hydrogens is 398 g/mol. The van der Waals surface area contributed by atoms with Gasteiger partial charge in [-0.2, -0.15) is 0 Å². The monoisotopic (exact) mass is 429 g/mol. The highest BCUT2D eigenvalue weighted by Crippen LogP contribution is 2.24. The minimum atomic E-state index is -3.27. The van der Waals surface area contributed by atoms with Crippen LogP contribution in [0.25, 0.3) is 11.1 Å². The van der Waals surface area contributed by atoms with E-state index in [-0.39, 0.29) is 11.8 Å². The number of nitrogens with one attached hydrogen (secondary N) is 1. The summed E-state index contributed by atoms with van der Waals surface area (Å²) in [7, 11) is -3.27. The van der Waals surface area contributed by atoms with Crippen LogP contribution in [0.4, 0.5) is 0 Å². The minimum absolute atomic E-state index is 0.000714. The molecule has 1 saturated heterocycles. The largest absolute Gasteiger partial charge is 0.337 e. The molecule has 1 fully saturated rings. The van der Waals surface area contributed by atoms with Gasteiger partial charge < -0.3 is 4.90 Å². The number of aromatic nitrogens is 1. The number of amides is 1. The first-order valence-electron chi connectivity index (χ1n) is 10.6. The summed E-state index contributed by atoms with van der Waals surface area (Å²) in [4.78, 5) is 18.9. The first-order chi connectivity index (χ1) is 14.3. The highest BCUT2D eigenvalue weighted by Gasteiger charge is 2.20. The SMILES string of the molecule is CC(C)S(=O)(=O)NC[C@H](C)c1ccc(-c2ccnc(C(=O)N3CCCCC3)c2)cc1. The van der Waals surface area contributed by atoms with Gasteiger partial charge >= 0.3 is 0 Å². The molecule has 2 aromatic rings. The Morgan fingerprint density at radius 2 is 1.70 bits per heavy atom. The fourth-order valence-electron chi connectivity index (χ4n) is 3.52. The van der Waals surface area contributed by atoms with Crippen molar-refractivity contribution < 1.29 is 13.2 Å². The topological polar surface area (TPSA) is 79.4 Å². The second kappa shape index (κ2) is 9.71. The summed E-state index contributed by atoms with van der Waals surface area (Å²) < 4.78 is 26.6. The maximum atomic E-state index is 12.7. The smallest absolute Gasteiger partial charge is 0.272 e. The van der Waals surface area contributed by atoms with Crippen LogP contribution in [0.5, 0.6) is 0 Å². The summed E-state index contributed by atoms with van der Waals surface area (Å²) in [6.07, 6.45) is 4.97. The Morgan fingerprint density at radius 3 is 2.33 bits per heavy atom. The Labute approximate surface area is 179 Å². The molecule has 1 atom stereocenters. The van der Waals surface area contributed by atoms with E-state index in [4.69, 9.17) is 0 Å². The second-order valence-corrected chi connectivity index (χ2v) is 10.6. The lowest BCUT2D eigenvalue weighted by atomic mass is 9.97. The maximum Gasteiger partial charge on any atom is 0.272 e. The van der Waals surface area contributed by atoms with Crippen LogP contribution in [0.1, 0.15) is 62.0 Å².